The Morgan fingerprint density at radius 1 is 1.08 bits per heavy atom. The number of carbonyl (C=O) groups is 2. The van der Waals surface area contributed by atoms with Crippen molar-refractivity contribution in [2.24, 2.45) is 0 Å². The molecule has 1 amide bonds. The molecule has 2 aromatic heterocycles. The van der Waals surface area contributed by atoms with Gasteiger partial charge in [-0.25, -0.2) is 4.79 Å². The molecule has 2 heterocycles. The molecule has 0 atom stereocenters. The van der Waals surface area contributed by atoms with Crippen molar-refractivity contribution in [3.05, 3.63) is 66.1 Å². The Balaban J connectivity index is 1.58. The van der Waals surface area contributed by atoms with Crippen molar-refractivity contribution < 1.29 is 18.7 Å². The van der Waals surface area contributed by atoms with Crippen LogP contribution in [0.2, 0.25) is 0 Å². The van der Waals surface area contributed by atoms with E-state index >= 15 is 0 Å². The fourth-order valence-corrected chi connectivity index (χ4v) is 2.82. The number of ether oxygens (including phenoxy) is 1. The van der Waals surface area contributed by atoms with E-state index in [4.69, 9.17) is 9.15 Å². The fourth-order valence-electron chi connectivity index (χ4n) is 2.82. The summed E-state index contributed by atoms with van der Waals surface area (Å²) in [5.41, 5.74) is 2.54. The summed E-state index contributed by atoms with van der Waals surface area (Å²) in [5.74, 6) is -0.608. The molecule has 0 radical (unpaired) electrons. The van der Waals surface area contributed by atoms with E-state index in [-0.39, 0.29) is 18.3 Å². The third-order valence-electron chi connectivity index (χ3n) is 4.03. The molecule has 0 unspecified atom stereocenters. The van der Waals surface area contributed by atoms with Gasteiger partial charge >= 0.3 is 5.97 Å². The van der Waals surface area contributed by atoms with E-state index in [0.717, 1.165) is 10.9 Å². The highest BCUT2D eigenvalue weighted by molar-refractivity contribution is 6.06. The van der Waals surface area contributed by atoms with E-state index in [1.165, 1.54) is 0 Å². The Hall–Kier alpha value is -3.54. The van der Waals surface area contributed by atoms with Gasteiger partial charge in [-0.05, 0) is 43.3 Å². The Morgan fingerprint density at radius 3 is 2.73 bits per heavy atom. The SMILES string of the molecule is CCOC(=O)c1cc2cc(NC(=O)c3cc4ccccc4[nH]3)ccc2o1. The minimum Gasteiger partial charge on any atom is -0.460 e. The molecular weight excluding hydrogens is 332 g/mol. The van der Waals surface area contributed by atoms with E-state index in [2.05, 4.69) is 10.3 Å². The summed E-state index contributed by atoms with van der Waals surface area (Å²) >= 11 is 0. The highest BCUT2D eigenvalue weighted by Crippen LogP contribution is 2.24. The maximum atomic E-state index is 12.5. The number of benzene rings is 2. The van der Waals surface area contributed by atoms with Gasteiger partial charge in [0.15, 0.2) is 0 Å². The first-order chi connectivity index (χ1) is 12.6. The molecular formula is C20H16N2O4. The van der Waals surface area contributed by atoms with Gasteiger partial charge < -0.3 is 19.5 Å². The van der Waals surface area contributed by atoms with E-state index in [9.17, 15) is 9.59 Å². The second-order valence-corrected chi connectivity index (χ2v) is 5.81. The van der Waals surface area contributed by atoms with Crippen molar-refractivity contribution in [3.8, 4) is 0 Å². The summed E-state index contributed by atoms with van der Waals surface area (Å²) in [5, 5.41) is 4.53. The Morgan fingerprint density at radius 2 is 1.92 bits per heavy atom. The first kappa shape index (κ1) is 16.0. The predicted octanol–water partition coefficient (Wildman–Crippen LogP) is 4.34. The second kappa shape index (κ2) is 6.40. The van der Waals surface area contributed by atoms with Crippen LogP contribution in [0.3, 0.4) is 0 Å². The molecule has 0 bridgehead atoms. The fraction of sp³-hybridized carbons (Fsp3) is 0.100. The van der Waals surface area contributed by atoms with Crippen molar-refractivity contribution in [1.82, 2.24) is 4.98 Å². The molecule has 0 saturated carbocycles. The highest BCUT2D eigenvalue weighted by atomic mass is 16.5. The van der Waals surface area contributed by atoms with Crippen LogP contribution in [0, 0.1) is 0 Å². The summed E-state index contributed by atoms with van der Waals surface area (Å²) in [6.07, 6.45) is 0. The van der Waals surface area contributed by atoms with Crippen LogP contribution in [0.5, 0.6) is 0 Å². The van der Waals surface area contributed by atoms with E-state index in [1.807, 2.05) is 24.3 Å². The van der Waals surface area contributed by atoms with E-state index in [1.54, 1.807) is 37.3 Å². The van der Waals surface area contributed by atoms with E-state index in [0.29, 0.717) is 22.4 Å². The number of para-hydroxylation sites is 1. The molecule has 0 aliphatic rings. The molecule has 0 saturated heterocycles. The molecule has 2 N–H and O–H groups in total. The number of hydrogen-bond acceptors (Lipinski definition) is 4. The summed E-state index contributed by atoms with van der Waals surface area (Å²) < 4.78 is 10.4. The number of nitrogens with one attached hydrogen (secondary N) is 2. The summed E-state index contributed by atoms with van der Waals surface area (Å²) in [6, 6.07) is 16.3. The molecule has 130 valence electrons. The Bertz CT molecular complexity index is 1090. The lowest BCUT2D eigenvalue weighted by Crippen LogP contribution is -2.11. The molecule has 6 nitrogen and oxygen atoms in total. The van der Waals surface area contributed by atoms with Crippen molar-refractivity contribution >= 4 is 39.4 Å². The number of fused-ring (bicyclic) bond motifs is 2. The lowest BCUT2D eigenvalue weighted by molar-refractivity contribution is 0.0492. The van der Waals surface area contributed by atoms with Crippen LogP contribution in [0.4, 0.5) is 5.69 Å². The summed E-state index contributed by atoms with van der Waals surface area (Å²) in [4.78, 5) is 27.3. The number of rotatable bonds is 4. The molecule has 0 spiro atoms. The van der Waals surface area contributed by atoms with Gasteiger partial charge in [-0.2, -0.15) is 0 Å². The maximum Gasteiger partial charge on any atom is 0.374 e. The number of carbonyl (C=O) groups excluding carboxylic acids is 2. The molecule has 0 aliphatic carbocycles. The molecule has 0 fully saturated rings. The van der Waals surface area contributed by atoms with Crippen LogP contribution in [-0.2, 0) is 4.74 Å². The van der Waals surface area contributed by atoms with Gasteiger partial charge in [0.1, 0.15) is 11.3 Å². The van der Waals surface area contributed by atoms with Crippen LogP contribution in [0.1, 0.15) is 28.0 Å². The largest absolute Gasteiger partial charge is 0.460 e. The van der Waals surface area contributed by atoms with E-state index < -0.39 is 5.97 Å². The normalized spacial score (nSPS) is 11.0. The summed E-state index contributed by atoms with van der Waals surface area (Å²) in [7, 11) is 0. The highest BCUT2D eigenvalue weighted by Gasteiger charge is 2.14. The summed E-state index contributed by atoms with van der Waals surface area (Å²) in [6.45, 7) is 2.01. The first-order valence-corrected chi connectivity index (χ1v) is 8.24. The number of furan rings is 1. The standard InChI is InChI=1S/C20H16N2O4/c1-2-25-20(24)18-11-13-9-14(7-8-17(13)26-18)21-19(23)16-10-12-5-3-4-6-15(12)22-16/h3-11,22H,2H2,1H3,(H,21,23). The van der Waals surface area contributed by atoms with Gasteiger partial charge in [0.2, 0.25) is 5.76 Å². The minimum atomic E-state index is -0.507. The third kappa shape index (κ3) is 2.93. The van der Waals surface area contributed by atoms with Gasteiger partial charge in [0.05, 0.1) is 6.61 Å². The lowest BCUT2D eigenvalue weighted by atomic mass is 10.2. The Kier molecular flexibility index (Phi) is 3.93. The zero-order valence-electron chi connectivity index (χ0n) is 14.0. The number of aromatic nitrogens is 1. The number of H-pyrrole nitrogens is 1. The Labute approximate surface area is 148 Å². The average Bonchev–Trinajstić information content (AvgIpc) is 3.25. The van der Waals surface area contributed by atoms with Crippen LogP contribution in [0.25, 0.3) is 21.9 Å². The van der Waals surface area contributed by atoms with Crippen molar-refractivity contribution in [1.29, 1.82) is 0 Å². The van der Waals surface area contributed by atoms with Gasteiger partial charge in [-0.3, -0.25) is 4.79 Å². The van der Waals surface area contributed by atoms with Crippen molar-refractivity contribution in [2.45, 2.75) is 6.92 Å². The third-order valence-corrected chi connectivity index (χ3v) is 4.03. The second-order valence-electron chi connectivity index (χ2n) is 5.81. The van der Waals surface area contributed by atoms with Crippen LogP contribution in [-0.4, -0.2) is 23.5 Å². The number of aromatic amines is 1. The van der Waals surface area contributed by atoms with Gasteiger partial charge in [0, 0.05) is 22.0 Å². The minimum absolute atomic E-state index is 0.140. The molecule has 2 aromatic carbocycles. The van der Waals surface area contributed by atoms with Crippen LogP contribution in [0.15, 0.2) is 59.0 Å². The number of amides is 1. The lowest BCUT2D eigenvalue weighted by Gasteiger charge is -2.03. The van der Waals surface area contributed by atoms with Gasteiger partial charge in [-0.1, -0.05) is 18.2 Å². The van der Waals surface area contributed by atoms with Gasteiger partial charge in [-0.15, -0.1) is 0 Å². The van der Waals surface area contributed by atoms with Gasteiger partial charge in [0.25, 0.3) is 5.91 Å². The average molecular weight is 348 g/mol. The molecule has 6 heteroatoms. The smallest absolute Gasteiger partial charge is 0.374 e. The topological polar surface area (TPSA) is 84.3 Å². The first-order valence-electron chi connectivity index (χ1n) is 8.24. The molecule has 26 heavy (non-hydrogen) atoms. The predicted molar refractivity (Wildman–Crippen MR) is 98.4 cm³/mol. The molecule has 4 aromatic rings. The molecule has 0 aliphatic heterocycles. The molecule has 4 rings (SSSR count). The maximum absolute atomic E-state index is 12.5. The quantitative estimate of drug-likeness (QED) is 0.537. The number of anilines is 1. The van der Waals surface area contributed by atoms with Crippen molar-refractivity contribution in [2.75, 3.05) is 11.9 Å². The van der Waals surface area contributed by atoms with Crippen molar-refractivity contribution in [3.63, 3.8) is 0 Å². The van der Waals surface area contributed by atoms with Crippen LogP contribution < -0.4 is 5.32 Å². The monoisotopic (exact) mass is 348 g/mol. The number of esters is 1. The van der Waals surface area contributed by atoms with Crippen LogP contribution >= 0.6 is 0 Å². The zero-order chi connectivity index (χ0) is 18.1. The number of hydrogen-bond donors (Lipinski definition) is 2. The zero-order valence-corrected chi connectivity index (χ0v) is 14.0.